The third kappa shape index (κ3) is 3.16. The third-order valence-corrected chi connectivity index (χ3v) is 1.70. The lowest BCUT2D eigenvalue weighted by Gasteiger charge is -2.39. The van der Waals surface area contributed by atoms with E-state index in [1.165, 1.54) is 0 Å². The standard InChI is InChI=1S/C5F12.CF/c6-2(7,8)1(3(9,10)11,4(12,13)14)5(15,16)17;1-2. The van der Waals surface area contributed by atoms with Crippen LogP contribution in [0.2, 0.25) is 0 Å². The van der Waals surface area contributed by atoms with Gasteiger partial charge in [-0.1, -0.05) is 0 Å². The Hall–Kier alpha value is -0.910. The van der Waals surface area contributed by atoms with Crippen LogP contribution in [0, 0.1) is 12.6 Å². The molecule has 13 heteroatoms. The second-order valence-corrected chi connectivity index (χ2v) is 2.74. The van der Waals surface area contributed by atoms with E-state index in [-0.39, 0.29) is 0 Å². The van der Waals surface area contributed by atoms with E-state index < -0.39 is 30.1 Å². The summed E-state index contributed by atoms with van der Waals surface area (Å²) in [6.45, 7) is 0. The summed E-state index contributed by atoms with van der Waals surface area (Å²) in [4.78, 5) is 0. The minimum Gasteiger partial charge on any atom is -0.232 e. The third-order valence-electron chi connectivity index (χ3n) is 1.70. The molecule has 0 spiro atoms. The average molecular weight is 319 g/mol. The molecule has 0 rings (SSSR count). The summed E-state index contributed by atoms with van der Waals surface area (Å²) in [6.07, 6.45) is -30.4. The van der Waals surface area contributed by atoms with E-state index in [1.54, 1.807) is 0 Å². The summed E-state index contributed by atoms with van der Waals surface area (Å²) in [7, 11) is 4.25. The SMILES string of the molecule is FC(F)(F)C(C(F)(F)F)(C(F)(F)F)C(F)(F)F.[C]F. The molecule has 0 fully saturated rings. The summed E-state index contributed by atoms with van der Waals surface area (Å²) in [5, 5.41) is 0. The Bertz CT molecular complexity index is 210. The Morgan fingerprint density at radius 2 is 0.474 bits per heavy atom. The molecular weight excluding hydrogens is 319 g/mol. The number of hydrogen-bond acceptors (Lipinski definition) is 0. The van der Waals surface area contributed by atoms with E-state index in [4.69, 9.17) is 4.39 Å². The molecule has 0 atom stereocenters. The van der Waals surface area contributed by atoms with Crippen molar-refractivity contribution in [2.45, 2.75) is 24.7 Å². The van der Waals surface area contributed by atoms with Crippen LogP contribution in [0.25, 0.3) is 0 Å². The number of alkyl halides is 12. The van der Waals surface area contributed by atoms with E-state index in [2.05, 4.69) is 7.18 Å². The van der Waals surface area contributed by atoms with Gasteiger partial charge in [-0.2, -0.15) is 52.7 Å². The Morgan fingerprint density at radius 1 is 0.368 bits per heavy atom. The number of halogens is 13. The van der Waals surface area contributed by atoms with Crippen LogP contribution in [0.15, 0.2) is 0 Å². The molecule has 0 saturated carbocycles. The molecule has 115 valence electrons. The Balaban J connectivity index is 0. The fourth-order valence-electron chi connectivity index (χ4n) is 0.964. The van der Waals surface area contributed by atoms with Gasteiger partial charge in [-0.3, -0.25) is 0 Å². The van der Waals surface area contributed by atoms with Gasteiger partial charge in [-0.25, -0.2) is 4.39 Å². The zero-order valence-corrected chi connectivity index (χ0v) is 7.91. The Morgan fingerprint density at radius 3 is 0.474 bits per heavy atom. The van der Waals surface area contributed by atoms with Crippen molar-refractivity contribution in [1.82, 2.24) is 0 Å². The molecule has 0 aliphatic rings. The van der Waals surface area contributed by atoms with Crippen molar-refractivity contribution in [1.29, 1.82) is 0 Å². The Kier molecular flexibility index (Phi) is 5.62. The van der Waals surface area contributed by atoms with Crippen molar-refractivity contribution >= 4 is 0 Å². The van der Waals surface area contributed by atoms with Crippen molar-refractivity contribution < 1.29 is 57.1 Å². The zero-order chi connectivity index (χ0) is 16.5. The topological polar surface area (TPSA) is 0 Å². The first-order chi connectivity index (χ1) is 8.00. The summed E-state index contributed by atoms with van der Waals surface area (Å²) >= 11 is 0. The van der Waals surface area contributed by atoms with Gasteiger partial charge in [0.1, 0.15) is 0 Å². The van der Waals surface area contributed by atoms with Gasteiger partial charge in [0, 0.05) is 0 Å². The maximum atomic E-state index is 11.7. The van der Waals surface area contributed by atoms with Gasteiger partial charge in [0.2, 0.25) is 7.18 Å². The highest BCUT2D eigenvalue weighted by atomic mass is 19.4. The smallest absolute Gasteiger partial charge is 0.232 e. The fraction of sp³-hybridized carbons (Fsp3) is 0.833. The highest BCUT2D eigenvalue weighted by Crippen LogP contribution is 2.66. The van der Waals surface area contributed by atoms with E-state index in [0.717, 1.165) is 0 Å². The Labute approximate surface area is 95.7 Å². The molecule has 0 amide bonds. The molecule has 0 heterocycles. The normalized spacial score (nSPS) is 14.8. The van der Waals surface area contributed by atoms with Crippen LogP contribution in [0.1, 0.15) is 0 Å². The monoisotopic (exact) mass is 319 g/mol. The molecule has 0 nitrogen and oxygen atoms in total. The predicted octanol–water partition coefficient (Wildman–Crippen LogP) is 4.72. The van der Waals surface area contributed by atoms with E-state index in [0.29, 0.717) is 0 Å². The van der Waals surface area contributed by atoms with Crippen molar-refractivity contribution in [2.24, 2.45) is 5.41 Å². The lowest BCUT2D eigenvalue weighted by atomic mass is 9.84. The minimum absolute atomic E-state index is 4.25. The van der Waals surface area contributed by atoms with Gasteiger partial charge in [0.15, 0.2) is 0 Å². The first-order valence-electron chi connectivity index (χ1n) is 3.46. The first kappa shape index (κ1) is 20.4. The second-order valence-electron chi connectivity index (χ2n) is 2.74. The van der Waals surface area contributed by atoms with Gasteiger partial charge in [0.05, 0.1) is 0 Å². The molecular formula is C6F13. The molecule has 0 N–H and O–H groups in total. The van der Waals surface area contributed by atoms with Gasteiger partial charge in [-0.15, -0.1) is 0 Å². The molecule has 0 saturated heterocycles. The molecule has 0 bridgehead atoms. The quantitative estimate of drug-likeness (QED) is 0.567. The lowest BCUT2D eigenvalue weighted by molar-refractivity contribution is -0.496. The molecule has 0 aromatic carbocycles. The first-order valence-corrected chi connectivity index (χ1v) is 3.46. The molecule has 0 aliphatic carbocycles. The van der Waals surface area contributed by atoms with Crippen LogP contribution in [0.3, 0.4) is 0 Å². The van der Waals surface area contributed by atoms with Crippen molar-refractivity contribution in [3.63, 3.8) is 0 Å². The molecule has 0 aromatic heterocycles. The zero-order valence-electron chi connectivity index (χ0n) is 7.91. The van der Waals surface area contributed by atoms with Crippen LogP contribution in [-0.2, 0) is 0 Å². The number of hydrogen-bond donors (Lipinski definition) is 0. The van der Waals surface area contributed by atoms with Gasteiger partial charge in [0.25, 0.3) is 0 Å². The summed E-state index contributed by atoms with van der Waals surface area (Å²) < 4.78 is 149. The lowest BCUT2D eigenvalue weighted by Crippen LogP contribution is -2.67. The van der Waals surface area contributed by atoms with E-state index in [1.807, 2.05) is 0 Å². The summed E-state index contributed by atoms with van der Waals surface area (Å²) in [5.74, 6) is 0. The largest absolute Gasteiger partial charge is 0.421 e. The van der Waals surface area contributed by atoms with Crippen LogP contribution in [0.4, 0.5) is 57.1 Å². The molecule has 0 unspecified atom stereocenters. The highest BCUT2D eigenvalue weighted by Gasteiger charge is 2.94. The summed E-state index contributed by atoms with van der Waals surface area (Å²) in [6, 6.07) is 0. The van der Waals surface area contributed by atoms with Crippen LogP contribution < -0.4 is 0 Å². The van der Waals surface area contributed by atoms with Gasteiger partial charge in [-0.05, 0) is 0 Å². The van der Waals surface area contributed by atoms with E-state index >= 15 is 0 Å². The molecule has 3 radical (unpaired) electrons. The molecule has 0 aromatic rings. The van der Waals surface area contributed by atoms with Gasteiger partial charge >= 0.3 is 30.1 Å². The maximum absolute atomic E-state index is 11.7. The van der Waals surface area contributed by atoms with Crippen LogP contribution >= 0.6 is 0 Å². The van der Waals surface area contributed by atoms with Crippen LogP contribution in [0.5, 0.6) is 0 Å². The van der Waals surface area contributed by atoms with E-state index in [9.17, 15) is 52.7 Å². The van der Waals surface area contributed by atoms with Crippen molar-refractivity contribution in [3.05, 3.63) is 7.18 Å². The van der Waals surface area contributed by atoms with Crippen molar-refractivity contribution in [3.8, 4) is 0 Å². The minimum atomic E-state index is -7.75. The molecule has 0 aliphatic heterocycles. The predicted molar refractivity (Wildman–Crippen MR) is 31.0 cm³/mol. The fourth-order valence-corrected chi connectivity index (χ4v) is 0.964. The van der Waals surface area contributed by atoms with Crippen LogP contribution in [-0.4, -0.2) is 24.7 Å². The second kappa shape index (κ2) is 5.23. The number of rotatable bonds is 0. The maximum Gasteiger partial charge on any atom is 0.421 e. The molecule has 19 heavy (non-hydrogen) atoms. The van der Waals surface area contributed by atoms with Gasteiger partial charge < -0.3 is 0 Å². The highest BCUT2D eigenvalue weighted by molar-refractivity contribution is 5.04. The summed E-state index contributed by atoms with van der Waals surface area (Å²) in [5.41, 5.74) is -7.75. The van der Waals surface area contributed by atoms with Crippen molar-refractivity contribution in [2.75, 3.05) is 0 Å². The average Bonchev–Trinajstić information content (AvgIpc) is 1.95.